The molecular formula is C14H14F3NO. The first-order valence-electron chi connectivity index (χ1n) is 5.96. The molecule has 2 rings (SSSR count). The molecule has 1 heterocycles. The number of alkyl halides is 3. The van der Waals surface area contributed by atoms with Gasteiger partial charge >= 0.3 is 6.18 Å². The summed E-state index contributed by atoms with van der Waals surface area (Å²) in [4.78, 5) is 13.6. The molecule has 0 N–H and O–H groups in total. The second-order valence-electron chi connectivity index (χ2n) is 4.67. The number of piperidine rings is 1. The molecule has 2 nitrogen and oxygen atoms in total. The summed E-state index contributed by atoms with van der Waals surface area (Å²) in [5.74, 6) is -0.0740. The fraction of sp³-hybridized carbons (Fsp3) is 0.357. The van der Waals surface area contributed by atoms with E-state index >= 15 is 0 Å². The van der Waals surface area contributed by atoms with Gasteiger partial charge in [0.25, 0.3) is 0 Å². The first-order valence-corrected chi connectivity index (χ1v) is 5.96. The Balaban J connectivity index is 2.40. The highest BCUT2D eigenvalue weighted by Gasteiger charge is 2.32. The third-order valence-electron chi connectivity index (χ3n) is 3.11. The summed E-state index contributed by atoms with van der Waals surface area (Å²) in [5, 5.41) is 0. The Labute approximate surface area is 109 Å². The molecule has 0 aromatic heterocycles. The highest BCUT2D eigenvalue weighted by molar-refractivity contribution is 6.00. The summed E-state index contributed by atoms with van der Waals surface area (Å²) in [5.41, 5.74) is -0.220. The van der Waals surface area contributed by atoms with Gasteiger partial charge in [0.1, 0.15) is 0 Å². The SMILES string of the molecule is CN1CCC(=O)/C(=C/c2ccccc2C(F)(F)F)C1. The molecule has 19 heavy (non-hydrogen) atoms. The second-order valence-corrected chi connectivity index (χ2v) is 4.67. The zero-order valence-corrected chi connectivity index (χ0v) is 10.5. The van der Waals surface area contributed by atoms with Gasteiger partial charge in [-0.3, -0.25) is 4.79 Å². The van der Waals surface area contributed by atoms with E-state index in [2.05, 4.69) is 0 Å². The molecule has 0 spiro atoms. The third-order valence-corrected chi connectivity index (χ3v) is 3.11. The zero-order chi connectivity index (χ0) is 14.0. The topological polar surface area (TPSA) is 20.3 Å². The number of hydrogen-bond donors (Lipinski definition) is 0. The van der Waals surface area contributed by atoms with Crippen molar-refractivity contribution in [2.75, 3.05) is 20.1 Å². The van der Waals surface area contributed by atoms with Crippen LogP contribution < -0.4 is 0 Å². The van der Waals surface area contributed by atoms with Crippen molar-refractivity contribution >= 4 is 11.9 Å². The molecule has 0 radical (unpaired) electrons. The monoisotopic (exact) mass is 269 g/mol. The van der Waals surface area contributed by atoms with Gasteiger partial charge in [-0.15, -0.1) is 0 Å². The molecule has 0 amide bonds. The molecule has 1 aromatic carbocycles. The molecule has 1 saturated heterocycles. The quantitative estimate of drug-likeness (QED) is 0.730. The minimum Gasteiger partial charge on any atom is -0.302 e. The summed E-state index contributed by atoms with van der Waals surface area (Å²) in [6.07, 6.45) is -2.69. The summed E-state index contributed by atoms with van der Waals surface area (Å²) in [7, 11) is 1.84. The van der Waals surface area contributed by atoms with Gasteiger partial charge in [-0.1, -0.05) is 18.2 Å². The number of ketones is 1. The molecule has 5 heteroatoms. The van der Waals surface area contributed by atoms with Gasteiger partial charge in [-0.2, -0.15) is 13.2 Å². The van der Waals surface area contributed by atoms with E-state index in [0.717, 1.165) is 6.07 Å². The normalized spacial score (nSPS) is 20.0. The van der Waals surface area contributed by atoms with Crippen molar-refractivity contribution in [2.24, 2.45) is 0 Å². The molecule has 1 aliphatic rings. The highest BCUT2D eigenvalue weighted by Crippen LogP contribution is 2.33. The van der Waals surface area contributed by atoms with Crippen LogP contribution in [-0.2, 0) is 11.0 Å². The van der Waals surface area contributed by atoms with Gasteiger partial charge < -0.3 is 4.90 Å². The van der Waals surface area contributed by atoms with Crippen LogP contribution in [0.2, 0.25) is 0 Å². The highest BCUT2D eigenvalue weighted by atomic mass is 19.4. The Morgan fingerprint density at radius 3 is 2.63 bits per heavy atom. The average Bonchev–Trinajstić information content (AvgIpc) is 2.33. The molecule has 0 saturated carbocycles. The number of Topliss-reactive ketones (excluding diaryl/α,β-unsaturated/α-hetero) is 1. The van der Waals surface area contributed by atoms with E-state index in [1.165, 1.54) is 18.2 Å². The van der Waals surface area contributed by atoms with Crippen molar-refractivity contribution in [1.29, 1.82) is 0 Å². The third kappa shape index (κ3) is 3.23. The largest absolute Gasteiger partial charge is 0.416 e. The van der Waals surface area contributed by atoms with Crippen LogP contribution >= 0.6 is 0 Å². The molecule has 0 atom stereocenters. The predicted octanol–water partition coefficient (Wildman–Crippen LogP) is 2.99. The zero-order valence-electron chi connectivity index (χ0n) is 10.5. The summed E-state index contributed by atoms with van der Waals surface area (Å²) in [6.45, 7) is 1.04. The van der Waals surface area contributed by atoms with Crippen LogP contribution in [0.3, 0.4) is 0 Å². The maximum absolute atomic E-state index is 12.9. The number of carbonyl (C=O) groups is 1. The minimum absolute atomic E-state index is 0.0497. The Hall–Kier alpha value is -1.62. The van der Waals surface area contributed by atoms with E-state index in [-0.39, 0.29) is 11.3 Å². The second kappa shape index (κ2) is 5.17. The fourth-order valence-electron chi connectivity index (χ4n) is 2.11. The lowest BCUT2D eigenvalue weighted by molar-refractivity contribution is -0.137. The molecule has 1 aliphatic heterocycles. The van der Waals surface area contributed by atoms with Gasteiger partial charge in [0.15, 0.2) is 5.78 Å². The van der Waals surface area contributed by atoms with Crippen molar-refractivity contribution in [3.63, 3.8) is 0 Å². The van der Waals surface area contributed by atoms with Crippen LogP contribution in [0, 0.1) is 0 Å². The maximum atomic E-state index is 12.9. The van der Waals surface area contributed by atoms with Crippen molar-refractivity contribution in [2.45, 2.75) is 12.6 Å². The Morgan fingerprint density at radius 2 is 1.95 bits per heavy atom. The van der Waals surface area contributed by atoms with E-state index in [0.29, 0.717) is 25.1 Å². The summed E-state index contributed by atoms with van der Waals surface area (Å²) >= 11 is 0. The van der Waals surface area contributed by atoms with E-state index in [1.54, 1.807) is 6.07 Å². The van der Waals surface area contributed by atoms with Crippen LogP contribution in [0.1, 0.15) is 17.5 Å². The summed E-state index contributed by atoms with van der Waals surface area (Å²) < 4.78 is 38.6. The van der Waals surface area contributed by atoms with Gasteiger partial charge in [0, 0.05) is 25.1 Å². The van der Waals surface area contributed by atoms with Gasteiger partial charge in [-0.05, 0) is 24.8 Å². The number of halogens is 3. The fourth-order valence-corrected chi connectivity index (χ4v) is 2.11. The van der Waals surface area contributed by atoms with Crippen molar-refractivity contribution in [1.82, 2.24) is 4.90 Å². The number of carbonyl (C=O) groups excluding carboxylic acids is 1. The first-order chi connectivity index (χ1) is 8.88. The summed E-state index contributed by atoms with van der Waals surface area (Å²) in [6, 6.07) is 5.30. The van der Waals surface area contributed by atoms with E-state index < -0.39 is 11.7 Å². The molecule has 1 fully saturated rings. The number of benzene rings is 1. The van der Waals surface area contributed by atoms with Gasteiger partial charge in [0.05, 0.1) is 5.56 Å². The van der Waals surface area contributed by atoms with Crippen molar-refractivity contribution in [3.8, 4) is 0 Å². The molecule has 102 valence electrons. The van der Waals surface area contributed by atoms with Crippen molar-refractivity contribution in [3.05, 3.63) is 41.0 Å². The average molecular weight is 269 g/mol. The lowest BCUT2D eigenvalue weighted by Gasteiger charge is -2.23. The van der Waals surface area contributed by atoms with Crippen LogP contribution in [0.25, 0.3) is 6.08 Å². The molecule has 1 aromatic rings. The van der Waals surface area contributed by atoms with Crippen LogP contribution in [0.15, 0.2) is 29.8 Å². The smallest absolute Gasteiger partial charge is 0.302 e. The van der Waals surface area contributed by atoms with Crippen LogP contribution in [-0.4, -0.2) is 30.8 Å². The minimum atomic E-state index is -4.41. The number of likely N-dealkylation sites (N-methyl/N-ethyl adjacent to an activating group) is 1. The van der Waals surface area contributed by atoms with E-state index in [1.807, 2.05) is 11.9 Å². The Kier molecular flexibility index (Phi) is 3.75. The number of rotatable bonds is 1. The molecular weight excluding hydrogens is 255 g/mol. The molecule has 0 aliphatic carbocycles. The molecule has 0 unspecified atom stereocenters. The standard InChI is InChI=1S/C14H14F3NO/c1-18-7-6-13(19)11(9-18)8-10-4-2-3-5-12(10)14(15,16)17/h2-5,8H,6-7,9H2,1H3/b11-8+. The van der Waals surface area contributed by atoms with Crippen LogP contribution in [0.4, 0.5) is 13.2 Å². The van der Waals surface area contributed by atoms with Crippen molar-refractivity contribution < 1.29 is 18.0 Å². The number of nitrogens with zero attached hydrogens (tertiary/aromatic N) is 1. The van der Waals surface area contributed by atoms with Gasteiger partial charge in [-0.25, -0.2) is 0 Å². The van der Waals surface area contributed by atoms with Crippen LogP contribution in [0.5, 0.6) is 0 Å². The lowest BCUT2D eigenvalue weighted by atomic mass is 9.98. The Morgan fingerprint density at radius 1 is 1.26 bits per heavy atom. The Bertz CT molecular complexity index is 520. The van der Waals surface area contributed by atoms with Gasteiger partial charge in [0.2, 0.25) is 0 Å². The number of likely N-dealkylation sites (tertiary alicyclic amines) is 1. The first kappa shape index (κ1) is 13.8. The number of hydrogen-bond acceptors (Lipinski definition) is 2. The molecule has 0 bridgehead atoms. The lowest BCUT2D eigenvalue weighted by Crippen LogP contribution is -2.32. The predicted molar refractivity (Wildman–Crippen MR) is 66.5 cm³/mol. The maximum Gasteiger partial charge on any atom is 0.416 e. The van der Waals surface area contributed by atoms with E-state index in [9.17, 15) is 18.0 Å². The van der Waals surface area contributed by atoms with E-state index in [4.69, 9.17) is 0 Å².